The number of nitrogens with zero attached hydrogens (tertiary/aromatic N) is 2. The van der Waals surface area contributed by atoms with Gasteiger partial charge in [-0.15, -0.1) is 0 Å². The number of sulfone groups is 1. The van der Waals surface area contributed by atoms with Gasteiger partial charge in [-0.3, -0.25) is 4.79 Å². The fourth-order valence-electron chi connectivity index (χ4n) is 4.43. The van der Waals surface area contributed by atoms with Crippen LogP contribution in [0.15, 0.2) is 47.4 Å². The molecule has 0 unspecified atom stereocenters. The standard InChI is InChI=1S/C23H19F2N3O3S/c1-27-9-7-13(12-32(2,30)31)15-4-6-19-20-17(26-23(29)21(20)22(15)27)8-10-28(19)18-5-3-14(24)11-16(18)25/h3-9,11H,10,12H2,1-2H3,(H,26,29). The molecule has 0 fully saturated rings. The number of hydrogen-bond donors (Lipinski definition) is 1. The first-order valence-electron chi connectivity index (χ1n) is 9.88. The first-order valence-corrected chi connectivity index (χ1v) is 11.9. The van der Waals surface area contributed by atoms with Gasteiger partial charge in [0, 0.05) is 48.2 Å². The molecule has 3 aliphatic heterocycles. The molecule has 0 radical (unpaired) electrons. The third kappa shape index (κ3) is 3.20. The number of benzene rings is 1. The Kier molecular flexibility index (Phi) is 4.49. The number of aromatic nitrogens is 1. The monoisotopic (exact) mass is 455 g/mol. The summed E-state index contributed by atoms with van der Waals surface area (Å²) in [4.78, 5) is 19.4. The number of H-pyrrole nitrogens is 1. The molecule has 9 heteroatoms. The van der Waals surface area contributed by atoms with E-state index >= 15 is 0 Å². The molecule has 1 N–H and O–H groups in total. The normalized spacial score (nSPS) is 15.2. The molecule has 0 aromatic heterocycles. The van der Waals surface area contributed by atoms with Crippen LogP contribution in [0.3, 0.4) is 0 Å². The Balaban J connectivity index is 1.86. The van der Waals surface area contributed by atoms with Gasteiger partial charge in [-0.1, -0.05) is 6.07 Å². The molecule has 1 aliphatic carbocycles. The average molecular weight is 455 g/mol. The van der Waals surface area contributed by atoms with E-state index in [2.05, 4.69) is 4.98 Å². The molecule has 0 saturated carbocycles. The second kappa shape index (κ2) is 7.03. The highest BCUT2D eigenvalue weighted by atomic mass is 32.2. The van der Waals surface area contributed by atoms with E-state index in [0.29, 0.717) is 38.6 Å². The summed E-state index contributed by atoms with van der Waals surface area (Å²) in [5, 5.41) is 1.23. The van der Waals surface area contributed by atoms with Crippen molar-refractivity contribution in [2.75, 3.05) is 35.4 Å². The zero-order chi connectivity index (χ0) is 22.8. The van der Waals surface area contributed by atoms with E-state index in [1.54, 1.807) is 47.3 Å². The predicted octanol–water partition coefficient (Wildman–Crippen LogP) is 1.85. The number of aromatic amines is 1. The molecule has 4 aliphatic rings. The molecule has 164 valence electrons. The Labute approximate surface area is 182 Å². The van der Waals surface area contributed by atoms with Crippen LogP contribution in [0.4, 0.5) is 25.8 Å². The summed E-state index contributed by atoms with van der Waals surface area (Å²) in [6.45, 7) is 0.271. The van der Waals surface area contributed by atoms with Crippen molar-refractivity contribution in [3.05, 3.63) is 75.2 Å². The van der Waals surface area contributed by atoms with Crippen molar-refractivity contribution in [2.45, 2.75) is 0 Å². The third-order valence-electron chi connectivity index (χ3n) is 5.74. The predicted molar refractivity (Wildman–Crippen MR) is 121 cm³/mol. The van der Waals surface area contributed by atoms with Gasteiger partial charge in [0.15, 0.2) is 9.84 Å². The first kappa shape index (κ1) is 20.4. The van der Waals surface area contributed by atoms with Crippen molar-refractivity contribution in [3.63, 3.8) is 0 Å². The average Bonchev–Trinajstić information content (AvgIpc) is 2.91. The Hall–Kier alpha value is -3.46. The summed E-state index contributed by atoms with van der Waals surface area (Å²) in [5.41, 5.74) is 2.57. The fraction of sp³-hybridized carbons (Fsp3) is 0.174. The maximum absolute atomic E-state index is 14.6. The van der Waals surface area contributed by atoms with Crippen LogP contribution in [-0.4, -0.2) is 39.0 Å². The van der Waals surface area contributed by atoms with Gasteiger partial charge in [-0.2, -0.15) is 0 Å². The summed E-state index contributed by atoms with van der Waals surface area (Å²) in [6, 6.07) is 6.88. The second-order valence-electron chi connectivity index (χ2n) is 8.03. The summed E-state index contributed by atoms with van der Waals surface area (Å²) < 4.78 is 52.2. The van der Waals surface area contributed by atoms with E-state index in [1.165, 1.54) is 12.1 Å². The van der Waals surface area contributed by atoms with Crippen LogP contribution in [0, 0.1) is 11.6 Å². The molecule has 0 spiro atoms. The van der Waals surface area contributed by atoms with Gasteiger partial charge in [0.2, 0.25) is 0 Å². The molecular formula is C23H19F2N3O3S. The minimum absolute atomic E-state index is 0.180. The van der Waals surface area contributed by atoms with Crippen LogP contribution < -0.4 is 25.9 Å². The van der Waals surface area contributed by atoms with Gasteiger partial charge in [0.1, 0.15) is 11.6 Å². The van der Waals surface area contributed by atoms with Gasteiger partial charge in [0.05, 0.1) is 28.4 Å². The van der Waals surface area contributed by atoms with Gasteiger partial charge in [0.25, 0.3) is 5.56 Å². The quantitative estimate of drug-likeness (QED) is 0.653. The first-order chi connectivity index (χ1) is 15.1. The lowest BCUT2D eigenvalue weighted by molar-refractivity contribution is 0.583. The lowest BCUT2D eigenvalue weighted by atomic mass is 10.0. The lowest BCUT2D eigenvalue weighted by Gasteiger charge is -2.28. The summed E-state index contributed by atoms with van der Waals surface area (Å²) in [6.07, 6.45) is 6.38. The van der Waals surface area contributed by atoms with Crippen LogP contribution in [0.5, 0.6) is 0 Å². The van der Waals surface area contributed by atoms with E-state index in [-0.39, 0.29) is 23.5 Å². The zero-order valence-corrected chi connectivity index (χ0v) is 18.1. The molecule has 1 aromatic rings. The van der Waals surface area contributed by atoms with E-state index < -0.39 is 21.5 Å². The van der Waals surface area contributed by atoms with Gasteiger partial charge >= 0.3 is 0 Å². The van der Waals surface area contributed by atoms with Crippen LogP contribution >= 0.6 is 0 Å². The maximum atomic E-state index is 14.6. The van der Waals surface area contributed by atoms with Crippen molar-refractivity contribution in [1.82, 2.24) is 4.98 Å². The SMILES string of the molecule is CN1C=CC(CS(C)(=O)=O)=c2ccc3c4c([nH]c(=O)c-4c21)=CCN3c1ccc(F)cc1F. The number of fused-ring (bicyclic) bond motifs is 2. The Bertz CT molecular complexity index is 1570. The van der Waals surface area contributed by atoms with Gasteiger partial charge < -0.3 is 14.8 Å². The minimum Gasteiger partial charge on any atom is -0.350 e. The van der Waals surface area contributed by atoms with Crippen molar-refractivity contribution in [1.29, 1.82) is 0 Å². The maximum Gasteiger partial charge on any atom is 0.258 e. The number of halogens is 2. The van der Waals surface area contributed by atoms with Crippen molar-refractivity contribution in [2.24, 2.45) is 0 Å². The highest BCUT2D eigenvalue weighted by molar-refractivity contribution is 7.91. The van der Waals surface area contributed by atoms with Crippen molar-refractivity contribution >= 4 is 38.5 Å². The molecule has 0 bridgehead atoms. The Morgan fingerprint density at radius 2 is 1.84 bits per heavy atom. The molecule has 0 amide bonds. The number of anilines is 3. The summed E-state index contributed by atoms with van der Waals surface area (Å²) in [5.74, 6) is -1.57. The van der Waals surface area contributed by atoms with Crippen LogP contribution in [0.25, 0.3) is 22.8 Å². The molecule has 32 heavy (non-hydrogen) atoms. The largest absolute Gasteiger partial charge is 0.350 e. The fourth-order valence-corrected chi connectivity index (χ4v) is 5.25. The number of rotatable bonds is 3. The highest BCUT2D eigenvalue weighted by Crippen LogP contribution is 2.38. The summed E-state index contributed by atoms with van der Waals surface area (Å²) >= 11 is 0. The second-order valence-corrected chi connectivity index (χ2v) is 10.2. The molecule has 3 heterocycles. The highest BCUT2D eigenvalue weighted by Gasteiger charge is 2.29. The number of hydrogen-bond acceptors (Lipinski definition) is 5. The molecule has 6 nitrogen and oxygen atoms in total. The Morgan fingerprint density at radius 1 is 1.09 bits per heavy atom. The minimum atomic E-state index is -3.33. The van der Waals surface area contributed by atoms with Gasteiger partial charge in [-0.05, 0) is 35.9 Å². The zero-order valence-electron chi connectivity index (χ0n) is 17.3. The molecule has 0 saturated heterocycles. The smallest absolute Gasteiger partial charge is 0.258 e. The van der Waals surface area contributed by atoms with Crippen molar-refractivity contribution < 1.29 is 17.2 Å². The van der Waals surface area contributed by atoms with E-state index in [9.17, 15) is 22.0 Å². The van der Waals surface area contributed by atoms with E-state index in [0.717, 1.165) is 12.3 Å². The van der Waals surface area contributed by atoms with Crippen LogP contribution in [0.2, 0.25) is 0 Å². The van der Waals surface area contributed by atoms with Crippen LogP contribution in [0.1, 0.15) is 0 Å². The lowest BCUT2D eigenvalue weighted by Crippen LogP contribution is -2.27. The van der Waals surface area contributed by atoms with E-state index in [1.807, 2.05) is 0 Å². The van der Waals surface area contributed by atoms with Crippen LogP contribution in [-0.2, 0) is 9.84 Å². The molecule has 0 atom stereocenters. The molecule has 1 aromatic carbocycles. The summed E-state index contributed by atoms with van der Waals surface area (Å²) in [7, 11) is -1.54. The molecule has 5 rings (SSSR count). The number of nitrogens with one attached hydrogen (secondary N) is 1. The number of allylic oxidation sites excluding steroid dienone is 1. The Morgan fingerprint density at radius 3 is 2.56 bits per heavy atom. The topological polar surface area (TPSA) is 73.5 Å². The molecular weight excluding hydrogens is 436 g/mol. The van der Waals surface area contributed by atoms with Crippen molar-refractivity contribution in [3.8, 4) is 11.1 Å². The van der Waals surface area contributed by atoms with E-state index in [4.69, 9.17) is 0 Å². The van der Waals surface area contributed by atoms with Gasteiger partial charge in [-0.25, -0.2) is 17.2 Å². The third-order valence-corrected chi connectivity index (χ3v) is 6.57.